The summed E-state index contributed by atoms with van der Waals surface area (Å²) in [6.07, 6.45) is 0. The van der Waals surface area contributed by atoms with Gasteiger partial charge in [-0.15, -0.1) is 0 Å². The van der Waals surface area contributed by atoms with Crippen LogP contribution in [0.1, 0.15) is 0 Å². The third kappa shape index (κ3) is 3.26. The largest absolute Gasteiger partial charge is 0.444 e. The van der Waals surface area contributed by atoms with E-state index in [1.165, 1.54) is 5.54 Å². The minimum Gasteiger partial charge on any atom is -0.444 e. The van der Waals surface area contributed by atoms with Crippen LogP contribution in [0.2, 0.25) is 0 Å². The normalized spacial score (nSPS) is 11.3. The van der Waals surface area contributed by atoms with Crippen LogP contribution in [0.3, 0.4) is 0 Å². The Balaban J connectivity index is 2.19. The number of hydrogen-bond acceptors (Lipinski definition) is 1. The fourth-order valence-electron chi connectivity index (χ4n) is 1.48. The number of halogens is 2. The quantitative estimate of drug-likeness (QED) is 0.709. The van der Waals surface area contributed by atoms with Crippen LogP contribution in [-0.4, -0.2) is 0 Å². The number of ether oxygens (including phenoxy) is 1. The summed E-state index contributed by atoms with van der Waals surface area (Å²) in [6, 6.07) is 17.8. The molecule has 0 aromatic heterocycles. The lowest BCUT2D eigenvalue weighted by molar-refractivity contribution is 0.464. The van der Waals surface area contributed by atoms with E-state index in [0.29, 0.717) is 5.75 Å². The molecule has 3 heteroatoms. The number of hydrogen-bond donors (Lipinski definition) is 0. The van der Waals surface area contributed by atoms with Gasteiger partial charge < -0.3 is 4.74 Å². The Morgan fingerprint density at radius 3 is 2.06 bits per heavy atom. The molecule has 0 aliphatic rings. The zero-order valence-corrected chi connectivity index (χ0v) is 10.4. The SMILES string of the molecule is Cl/C=C(/Cl)Oc1ccc(-c2ccccc2)cc1. The molecule has 0 bridgehead atoms. The van der Waals surface area contributed by atoms with Gasteiger partial charge in [0.15, 0.2) is 0 Å². The van der Waals surface area contributed by atoms with Crippen LogP contribution in [0.4, 0.5) is 0 Å². The third-order valence-electron chi connectivity index (χ3n) is 2.26. The summed E-state index contributed by atoms with van der Waals surface area (Å²) in [5, 5.41) is 0.152. The predicted molar refractivity (Wildman–Crippen MR) is 72.3 cm³/mol. The van der Waals surface area contributed by atoms with Crippen LogP contribution in [0.25, 0.3) is 11.1 Å². The Bertz CT molecular complexity index is 504. The molecule has 86 valence electrons. The molecule has 0 fully saturated rings. The monoisotopic (exact) mass is 264 g/mol. The van der Waals surface area contributed by atoms with E-state index in [2.05, 4.69) is 12.1 Å². The first kappa shape index (κ1) is 12.0. The maximum atomic E-state index is 5.66. The smallest absolute Gasteiger partial charge is 0.205 e. The van der Waals surface area contributed by atoms with Crippen molar-refractivity contribution in [1.82, 2.24) is 0 Å². The van der Waals surface area contributed by atoms with Gasteiger partial charge in [-0.2, -0.15) is 0 Å². The van der Waals surface area contributed by atoms with Gasteiger partial charge >= 0.3 is 0 Å². The van der Waals surface area contributed by atoms with Gasteiger partial charge in [0, 0.05) is 0 Å². The number of benzene rings is 2. The van der Waals surface area contributed by atoms with Crippen molar-refractivity contribution in [1.29, 1.82) is 0 Å². The van der Waals surface area contributed by atoms with Crippen molar-refractivity contribution < 1.29 is 4.74 Å². The minimum absolute atomic E-state index is 0.152. The zero-order chi connectivity index (χ0) is 12.1. The van der Waals surface area contributed by atoms with Crippen molar-refractivity contribution in [2.45, 2.75) is 0 Å². The molecular formula is C14H10Cl2O. The lowest BCUT2D eigenvalue weighted by atomic mass is 10.1. The highest BCUT2D eigenvalue weighted by molar-refractivity contribution is 6.35. The molecule has 2 aromatic rings. The van der Waals surface area contributed by atoms with Crippen LogP contribution in [0.15, 0.2) is 65.4 Å². The Hall–Kier alpha value is -1.44. The average Bonchev–Trinajstić information content (AvgIpc) is 2.40. The molecule has 0 radical (unpaired) electrons. The molecule has 0 heterocycles. The molecule has 1 nitrogen and oxygen atoms in total. The molecule has 0 unspecified atom stereocenters. The first-order valence-corrected chi connectivity index (χ1v) is 5.90. The Kier molecular flexibility index (Phi) is 4.08. The topological polar surface area (TPSA) is 9.23 Å². The van der Waals surface area contributed by atoms with Crippen molar-refractivity contribution in [2.24, 2.45) is 0 Å². The molecule has 0 N–H and O–H groups in total. The van der Waals surface area contributed by atoms with Crippen LogP contribution < -0.4 is 4.74 Å². The maximum absolute atomic E-state index is 5.66. The van der Waals surface area contributed by atoms with E-state index in [9.17, 15) is 0 Å². The molecule has 0 atom stereocenters. The highest BCUT2D eigenvalue weighted by Crippen LogP contribution is 2.23. The van der Waals surface area contributed by atoms with Crippen molar-refractivity contribution in [2.75, 3.05) is 0 Å². The van der Waals surface area contributed by atoms with E-state index in [1.807, 2.05) is 42.5 Å². The van der Waals surface area contributed by atoms with Crippen molar-refractivity contribution in [3.63, 3.8) is 0 Å². The second-order valence-electron chi connectivity index (χ2n) is 3.41. The molecule has 17 heavy (non-hydrogen) atoms. The summed E-state index contributed by atoms with van der Waals surface area (Å²) < 4.78 is 5.25. The van der Waals surface area contributed by atoms with E-state index >= 15 is 0 Å². The molecule has 0 spiro atoms. The zero-order valence-electron chi connectivity index (χ0n) is 8.94. The predicted octanol–water partition coefficient (Wildman–Crippen LogP) is 5.01. The first-order chi connectivity index (χ1) is 8.29. The van der Waals surface area contributed by atoms with E-state index in [4.69, 9.17) is 27.9 Å². The van der Waals surface area contributed by atoms with Crippen LogP contribution in [0, 0.1) is 0 Å². The van der Waals surface area contributed by atoms with E-state index in [1.54, 1.807) is 0 Å². The fraction of sp³-hybridized carbons (Fsp3) is 0. The molecule has 0 saturated heterocycles. The molecule has 0 aliphatic heterocycles. The van der Waals surface area contributed by atoms with Gasteiger partial charge in [0.25, 0.3) is 0 Å². The van der Waals surface area contributed by atoms with Crippen molar-refractivity contribution in [3.05, 3.63) is 65.4 Å². The standard InChI is InChI=1S/C14H10Cl2O/c15-10-14(16)17-13-8-6-12(7-9-13)11-4-2-1-3-5-11/h1-10H/b14-10-. The molecule has 0 saturated carbocycles. The van der Waals surface area contributed by atoms with E-state index < -0.39 is 0 Å². The maximum Gasteiger partial charge on any atom is 0.205 e. The number of rotatable bonds is 3. The first-order valence-electron chi connectivity index (χ1n) is 5.09. The Morgan fingerprint density at radius 1 is 0.882 bits per heavy atom. The Morgan fingerprint density at radius 2 is 1.47 bits per heavy atom. The van der Waals surface area contributed by atoms with Gasteiger partial charge in [-0.25, -0.2) is 0 Å². The van der Waals surface area contributed by atoms with Gasteiger partial charge in [-0.05, 0) is 34.9 Å². The van der Waals surface area contributed by atoms with Gasteiger partial charge in [0.05, 0.1) is 5.54 Å². The summed E-state index contributed by atoms with van der Waals surface area (Å²) in [5.41, 5.74) is 3.48. The van der Waals surface area contributed by atoms with Gasteiger partial charge in [0.2, 0.25) is 5.22 Å². The molecular weight excluding hydrogens is 255 g/mol. The van der Waals surface area contributed by atoms with Gasteiger partial charge in [-0.3, -0.25) is 0 Å². The summed E-state index contributed by atoms with van der Waals surface area (Å²) in [7, 11) is 0. The highest BCUT2D eigenvalue weighted by atomic mass is 35.5. The third-order valence-corrected chi connectivity index (χ3v) is 2.76. The summed E-state index contributed by atoms with van der Waals surface area (Å²) in [4.78, 5) is 0. The fourth-order valence-corrected chi connectivity index (χ4v) is 1.61. The summed E-state index contributed by atoms with van der Waals surface area (Å²) in [6.45, 7) is 0. The van der Waals surface area contributed by atoms with Crippen molar-refractivity contribution in [3.8, 4) is 16.9 Å². The highest BCUT2D eigenvalue weighted by Gasteiger charge is 1.99. The van der Waals surface area contributed by atoms with Gasteiger partial charge in [-0.1, -0.05) is 54.1 Å². The molecule has 2 aromatic carbocycles. The molecule has 2 rings (SSSR count). The lowest BCUT2D eigenvalue weighted by Crippen LogP contribution is -1.87. The average molecular weight is 265 g/mol. The van der Waals surface area contributed by atoms with Crippen LogP contribution >= 0.6 is 23.2 Å². The minimum atomic E-state index is 0.152. The summed E-state index contributed by atoms with van der Waals surface area (Å²) in [5.74, 6) is 0.659. The second-order valence-corrected chi connectivity index (χ2v) is 4.00. The summed E-state index contributed by atoms with van der Waals surface area (Å²) >= 11 is 11.1. The molecule has 0 aliphatic carbocycles. The molecule has 0 amide bonds. The Labute approximate surface area is 110 Å². The lowest BCUT2D eigenvalue weighted by Gasteiger charge is -2.05. The second kappa shape index (κ2) is 5.76. The van der Waals surface area contributed by atoms with Gasteiger partial charge in [0.1, 0.15) is 5.75 Å². The van der Waals surface area contributed by atoms with E-state index in [-0.39, 0.29) is 5.22 Å². The van der Waals surface area contributed by atoms with Crippen molar-refractivity contribution >= 4 is 23.2 Å². The van der Waals surface area contributed by atoms with E-state index in [0.717, 1.165) is 11.1 Å². The van der Waals surface area contributed by atoms with Crippen LogP contribution in [0.5, 0.6) is 5.75 Å². The van der Waals surface area contributed by atoms with Crippen LogP contribution in [-0.2, 0) is 0 Å².